The molecule has 0 saturated heterocycles. The van der Waals surface area contributed by atoms with Crippen LogP contribution < -0.4 is 4.89 Å². The van der Waals surface area contributed by atoms with Crippen molar-refractivity contribution in [1.29, 1.82) is 0 Å². The monoisotopic (exact) mass is 137 g/mol. The summed E-state index contributed by atoms with van der Waals surface area (Å²) in [5.74, 6) is 0.709. The van der Waals surface area contributed by atoms with Gasteiger partial charge >= 0.3 is 0 Å². The number of rotatable bonds is 3. The lowest BCUT2D eigenvalue weighted by molar-refractivity contribution is -0.171. The Morgan fingerprint density at radius 3 is 2.50 bits per heavy atom. The summed E-state index contributed by atoms with van der Waals surface area (Å²) >= 11 is 0. The van der Waals surface area contributed by atoms with Gasteiger partial charge in [0, 0.05) is 0 Å². The molecule has 53 valence electrons. The Morgan fingerprint density at radius 2 is 1.90 bits per heavy atom. The van der Waals surface area contributed by atoms with E-state index in [1.165, 1.54) is 6.61 Å². The Balaban J connectivity index is 2.43. The van der Waals surface area contributed by atoms with E-state index in [-0.39, 0.29) is 0 Å². The molecule has 0 aliphatic heterocycles. The lowest BCUT2D eigenvalue weighted by atomic mass is 10.3. The summed E-state index contributed by atoms with van der Waals surface area (Å²) in [4.78, 5) is 9.39. The highest BCUT2D eigenvalue weighted by Crippen LogP contribution is 2.08. The molecule has 0 amide bonds. The summed E-state index contributed by atoms with van der Waals surface area (Å²) in [6.45, 7) is 3.23. The minimum Gasteiger partial charge on any atom is -0.337 e. The van der Waals surface area contributed by atoms with E-state index in [9.17, 15) is 0 Å². The second-order valence-corrected chi connectivity index (χ2v) is 1.73. The molecule has 0 heterocycles. The number of hydrogen-bond donors (Lipinski definition) is 0. The third-order valence-electron chi connectivity index (χ3n) is 0.984. The van der Waals surface area contributed by atoms with Gasteiger partial charge in [-0.25, -0.2) is 0 Å². The van der Waals surface area contributed by atoms with Gasteiger partial charge in [0.25, 0.3) is 0 Å². The van der Waals surface area contributed by atoms with Crippen LogP contribution in [0.1, 0.15) is 6.92 Å². The van der Waals surface area contributed by atoms with E-state index in [0.717, 1.165) is 0 Å². The summed E-state index contributed by atoms with van der Waals surface area (Å²) in [5, 5.41) is 0. The van der Waals surface area contributed by atoms with Crippen molar-refractivity contribution in [3.63, 3.8) is 0 Å². The average molecular weight is 137 g/mol. The van der Waals surface area contributed by atoms with Crippen LogP contribution in [-0.2, 0) is 4.89 Å². The molecule has 0 fully saturated rings. The molecule has 1 radical (unpaired) electrons. The normalized spacial score (nSPS) is 9.30. The Hall–Kier alpha value is -1.02. The molecule has 0 aliphatic rings. The molecule has 0 N–H and O–H groups in total. The molecule has 10 heavy (non-hydrogen) atoms. The molecule has 0 unspecified atom stereocenters. The predicted molar refractivity (Wildman–Crippen MR) is 38.1 cm³/mol. The van der Waals surface area contributed by atoms with Crippen LogP contribution in [0.25, 0.3) is 0 Å². The molecule has 1 rings (SSSR count). The van der Waals surface area contributed by atoms with Crippen LogP contribution in [-0.4, -0.2) is 0 Å². The predicted octanol–water partition coefficient (Wildman–Crippen LogP) is 2.18. The van der Waals surface area contributed by atoms with E-state index in [1.807, 2.05) is 30.3 Å². The van der Waals surface area contributed by atoms with Crippen molar-refractivity contribution in [2.45, 2.75) is 6.92 Å². The molecular weight excluding hydrogens is 128 g/mol. The second-order valence-electron chi connectivity index (χ2n) is 1.73. The van der Waals surface area contributed by atoms with E-state index in [1.54, 1.807) is 6.92 Å². The first-order valence-electron chi connectivity index (χ1n) is 3.09. The summed E-state index contributed by atoms with van der Waals surface area (Å²) in [6.07, 6.45) is 0. The molecule has 2 heteroatoms. The lowest BCUT2D eigenvalue weighted by Gasteiger charge is -1.99. The summed E-state index contributed by atoms with van der Waals surface area (Å²) < 4.78 is 0. The van der Waals surface area contributed by atoms with E-state index in [4.69, 9.17) is 4.89 Å². The van der Waals surface area contributed by atoms with Gasteiger partial charge < -0.3 is 4.89 Å². The minimum atomic E-state index is 0.709. The van der Waals surface area contributed by atoms with Crippen LogP contribution >= 0.6 is 0 Å². The Kier molecular flexibility index (Phi) is 2.77. The van der Waals surface area contributed by atoms with Gasteiger partial charge in [-0.15, -0.1) is 0 Å². The van der Waals surface area contributed by atoms with Crippen molar-refractivity contribution in [2.24, 2.45) is 0 Å². The first-order valence-corrected chi connectivity index (χ1v) is 3.09. The van der Waals surface area contributed by atoms with Gasteiger partial charge in [0.15, 0.2) is 5.75 Å². The summed E-state index contributed by atoms with van der Waals surface area (Å²) in [7, 11) is 0. The molecule has 0 atom stereocenters. The molecule has 0 saturated carbocycles. The highest BCUT2D eigenvalue weighted by molar-refractivity contribution is 5.20. The maximum absolute atomic E-state index is 4.80. The van der Waals surface area contributed by atoms with E-state index >= 15 is 0 Å². The fraction of sp³-hybridized carbons (Fsp3) is 0.125. The Labute approximate surface area is 60.3 Å². The Bertz CT molecular complexity index is 172. The highest BCUT2D eigenvalue weighted by atomic mass is 17.2. The molecular formula is C8H9O2. The number of hydrogen-bond acceptors (Lipinski definition) is 2. The summed E-state index contributed by atoms with van der Waals surface area (Å²) in [5.41, 5.74) is 0. The zero-order chi connectivity index (χ0) is 7.23. The molecule has 0 bridgehead atoms. The first kappa shape index (κ1) is 7.09. The van der Waals surface area contributed by atoms with Gasteiger partial charge in [-0.1, -0.05) is 18.2 Å². The van der Waals surface area contributed by atoms with Gasteiger partial charge in [0.05, 0.1) is 0 Å². The van der Waals surface area contributed by atoms with Gasteiger partial charge in [-0.3, -0.25) is 0 Å². The molecule has 0 spiro atoms. The fourth-order valence-electron chi connectivity index (χ4n) is 0.580. The van der Waals surface area contributed by atoms with Crippen LogP contribution in [0.2, 0.25) is 0 Å². The Morgan fingerprint density at radius 1 is 1.20 bits per heavy atom. The number of benzene rings is 1. The highest BCUT2D eigenvalue weighted by Gasteiger charge is 1.88. The van der Waals surface area contributed by atoms with Crippen molar-refractivity contribution in [3.05, 3.63) is 36.9 Å². The zero-order valence-electron chi connectivity index (χ0n) is 5.78. The fourth-order valence-corrected chi connectivity index (χ4v) is 0.580. The van der Waals surface area contributed by atoms with E-state index in [2.05, 4.69) is 4.89 Å². The third kappa shape index (κ3) is 2.07. The topological polar surface area (TPSA) is 18.5 Å². The molecule has 0 aliphatic carbocycles. The van der Waals surface area contributed by atoms with Crippen molar-refractivity contribution in [2.75, 3.05) is 0 Å². The van der Waals surface area contributed by atoms with Gasteiger partial charge in [-0.2, -0.15) is 4.89 Å². The van der Waals surface area contributed by atoms with Crippen molar-refractivity contribution < 1.29 is 9.78 Å². The standard InChI is InChI=1S/C8H9O2/c1-2-9-10-8-6-4-3-5-7-8/h2-7H,1H3. The van der Waals surface area contributed by atoms with Crippen molar-refractivity contribution in [1.82, 2.24) is 0 Å². The van der Waals surface area contributed by atoms with Crippen molar-refractivity contribution in [3.8, 4) is 5.75 Å². The first-order chi connectivity index (χ1) is 4.93. The minimum absolute atomic E-state index is 0.709. The van der Waals surface area contributed by atoms with Crippen LogP contribution in [0.5, 0.6) is 5.75 Å². The molecule has 2 nitrogen and oxygen atoms in total. The van der Waals surface area contributed by atoms with Gasteiger partial charge in [-0.05, 0) is 19.1 Å². The quantitative estimate of drug-likeness (QED) is 0.469. The van der Waals surface area contributed by atoms with E-state index in [0.29, 0.717) is 5.75 Å². The second kappa shape index (κ2) is 3.90. The smallest absolute Gasteiger partial charge is 0.165 e. The average Bonchev–Trinajstić information content (AvgIpc) is 2.03. The molecule has 1 aromatic carbocycles. The van der Waals surface area contributed by atoms with Crippen LogP contribution in [0, 0.1) is 6.61 Å². The lowest BCUT2D eigenvalue weighted by Crippen LogP contribution is -1.90. The molecule has 1 aromatic rings. The van der Waals surface area contributed by atoms with E-state index < -0.39 is 0 Å². The van der Waals surface area contributed by atoms with Crippen molar-refractivity contribution >= 4 is 0 Å². The van der Waals surface area contributed by atoms with Crippen LogP contribution in [0.15, 0.2) is 30.3 Å². The maximum Gasteiger partial charge on any atom is 0.165 e. The number of para-hydroxylation sites is 1. The van der Waals surface area contributed by atoms with Crippen LogP contribution in [0.3, 0.4) is 0 Å². The van der Waals surface area contributed by atoms with Crippen LogP contribution in [0.4, 0.5) is 0 Å². The van der Waals surface area contributed by atoms with Gasteiger partial charge in [0.1, 0.15) is 6.61 Å². The molecule has 0 aromatic heterocycles. The zero-order valence-corrected chi connectivity index (χ0v) is 5.78. The maximum atomic E-state index is 4.80. The van der Waals surface area contributed by atoms with Gasteiger partial charge in [0.2, 0.25) is 0 Å². The largest absolute Gasteiger partial charge is 0.337 e. The third-order valence-corrected chi connectivity index (χ3v) is 0.984. The summed E-state index contributed by atoms with van der Waals surface area (Å²) in [6, 6.07) is 9.33. The SMILES string of the molecule is C[CH]OOc1ccccc1.